The van der Waals surface area contributed by atoms with Gasteiger partial charge >= 0.3 is 0 Å². The Morgan fingerprint density at radius 2 is 1.71 bits per heavy atom. The van der Waals surface area contributed by atoms with Crippen LogP contribution >= 0.6 is 0 Å². The zero-order chi connectivity index (χ0) is 25.3. The largest absolute Gasteiger partial charge is 0.355 e. The SMILES string of the molecule is CCNC(=O)[C@@H](CC)N(Cc1ccccc1)C(=O)CCCN(c1ccc(F)c(F)c1)S(C)(=O)=O. The van der Waals surface area contributed by atoms with E-state index >= 15 is 0 Å². The summed E-state index contributed by atoms with van der Waals surface area (Å²) in [7, 11) is -3.80. The topological polar surface area (TPSA) is 86.8 Å². The van der Waals surface area contributed by atoms with E-state index in [1.165, 1.54) is 11.0 Å². The van der Waals surface area contributed by atoms with Crippen molar-refractivity contribution < 1.29 is 26.8 Å². The Morgan fingerprint density at radius 1 is 1.03 bits per heavy atom. The van der Waals surface area contributed by atoms with Crippen LogP contribution in [0.4, 0.5) is 14.5 Å². The summed E-state index contributed by atoms with van der Waals surface area (Å²) in [4.78, 5) is 27.3. The molecule has 2 aromatic rings. The molecule has 2 aromatic carbocycles. The summed E-state index contributed by atoms with van der Waals surface area (Å²) < 4.78 is 52.4. The van der Waals surface area contributed by atoms with Gasteiger partial charge in [-0.25, -0.2) is 17.2 Å². The molecule has 0 aliphatic rings. The normalized spacial score (nSPS) is 12.1. The number of hydrogen-bond donors (Lipinski definition) is 1. The lowest BCUT2D eigenvalue weighted by molar-refractivity contribution is -0.141. The smallest absolute Gasteiger partial charge is 0.242 e. The van der Waals surface area contributed by atoms with Gasteiger partial charge in [-0.15, -0.1) is 0 Å². The zero-order valence-electron chi connectivity index (χ0n) is 19.6. The molecule has 7 nitrogen and oxygen atoms in total. The maximum absolute atomic E-state index is 13.7. The van der Waals surface area contributed by atoms with Crippen LogP contribution in [-0.2, 0) is 26.2 Å². The first-order valence-corrected chi connectivity index (χ1v) is 13.0. The number of nitrogens with one attached hydrogen (secondary N) is 1. The fourth-order valence-electron chi connectivity index (χ4n) is 3.64. The molecule has 0 saturated carbocycles. The fraction of sp³-hybridized carbons (Fsp3) is 0.417. The second kappa shape index (κ2) is 12.5. The van der Waals surface area contributed by atoms with Gasteiger partial charge in [0.2, 0.25) is 21.8 Å². The third-order valence-electron chi connectivity index (χ3n) is 5.28. The van der Waals surface area contributed by atoms with Crippen LogP contribution in [0.5, 0.6) is 0 Å². The molecule has 10 heteroatoms. The summed E-state index contributed by atoms with van der Waals surface area (Å²) in [5, 5.41) is 2.76. The van der Waals surface area contributed by atoms with Gasteiger partial charge in [0, 0.05) is 32.1 Å². The van der Waals surface area contributed by atoms with Crippen LogP contribution in [0.2, 0.25) is 0 Å². The number of sulfonamides is 1. The maximum Gasteiger partial charge on any atom is 0.242 e. The molecule has 186 valence electrons. The Morgan fingerprint density at radius 3 is 2.26 bits per heavy atom. The number of carbonyl (C=O) groups excluding carboxylic acids is 2. The maximum atomic E-state index is 13.7. The van der Waals surface area contributed by atoms with Crippen LogP contribution in [0.15, 0.2) is 48.5 Å². The predicted molar refractivity (Wildman–Crippen MR) is 128 cm³/mol. The molecule has 0 aromatic heterocycles. The Balaban J connectivity index is 2.19. The highest BCUT2D eigenvalue weighted by molar-refractivity contribution is 7.92. The van der Waals surface area contributed by atoms with Crippen LogP contribution < -0.4 is 9.62 Å². The summed E-state index contributed by atoms with van der Waals surface area (Å²) in [6, 6.07) is 11.4. The number of carbonyl (C=O) groups is 2. The summed E-state index contributed by atoms with van der Waals surface area (Å²) in [6.07, 6.45) is 1.47. The van der Waals surface area contributed by atoms with Crippen molar-refractivity contribution in [2.75, 3.05) is 23.7 Å². The third-order valence-corrected chi connectivity index (χ3v) is 6.47. The monoisotopic (exact) mass is 495 g/mol. The highest BCUT2D eigenvalue weighted by Gasteiger charge is 2.28. The van der Waals surface area contributed by atoms with Gasteiger partial charge in [-0.1, -0.05) is 37.3 Å². The number of hydrogen-bond acceptors (Lipinski definition) is 4. The molecule has 1 atom stereocenters. The predicted octanol–water partition coefficient (Wildman–Crippen LogP) is 3.45. The molecule has 2 rings (SSSR count). The second-order valence-corrected chi connectivity index (χ2v) is 9.77. The number of amides is 2. The molecule has 1 N–H and O–H groups in total. The lowest BCUT2D eigenvalue weighted by atomic mass is 10.1. The van der Waals surface area contributed by atoms with Crippen molar-refractivity contribution in [3.8, 4) is 0 Å². The summed E-state index contributed by atoms with van der Waals surface area (Å²) >= 11 is 0. The summed E-state index contributed by atoms with van der Waals surface area (Å²) in [5.41, 5.74) is 0.835. The van der Waals surface area contributed by atoms with Crippen LogP contribution in [0.3, 0.4) is 0 Å². The first-order valence-electron chi connectivity index (χ1n) is 11.1. The molecule has 0 radical (unpaired) electrons. The Bertz CT molecular complexity index is 1080. The molecule has 0 aliphatic heterocycles. The molecule has 0 spiro atoms. The fourth-order valence-corrected chi connectivity index (χ4v) is 4.59. The third kappa shape index (κ3) is 7.51. The van der Waals surface area contributed by atoms with Gasteiger partial charge in [-0.3, -0.25) is 13.9 Å². The molecule has 0 fully saturated rings. The lowest BCUT2D eigenvalue weighted by Gasteiger charge is -2.31. The van der Waals surface area contributed by atoms with Gasteiger partial charge in [0.15, 0.2) is 11.6 Å². The van der Waals surface area contributed by atoms with Crippen molar-refractivity contribution in [3.63, 3.8) is 0 Å². The number of likely N-dealkylation sites (N-methyl/N-ethyl adjacent to an activating group) is 1. The van der Waals surface area contributed by atoms with E-state index in [1.54, 1.807) is 6.92 Å². The zero-order valence-corrected chi connectivity index (χ0v) is 20.4. The molecule has 0 aliphatic carbocycles. The Kier molecular flexibility index (Phi) is 9.97. The van der Waals surface area contributed by atoms with E-state index in [1.807, 2.05) is 37.3 Å². The molecule has 0 bridgehead atoms. The van der Waals surface area contributed by atoms with Crippen LogP contribution in [-0.4, -0.2) is 50.5 Å². The minimum absolute atomic E-state index is 0.0243. The Labute approximate surface area is 199 Å². The van der Waals surface area contributed by atoms with Crippen molar-refractivity contribution in [2.24, 2.45) is 0 Å². The number of rotatable bonds is 12. The van der Waals surface area contributed by atoms with Crippen molar-refractivity contribution in [3.05, 3.63) is 65.7 Å². The first kappa shape index (κ1) is 27.2. The van der Waals surface area contributed by atoms with Gasteiger partial charge in [0.25, 0.3) is 0 Å². The molecule has 0 heterocycles. The van der Waals surface area contributed by atoms with E-state index in [0.29, 0.717) is 13.0 Å². The van der Waals surface area contributed by atoms with Crippen LogP contribution in [0, 0.1) is 11.6 Å². The van der Waals surface area contributed by atoms with Crippen LogP contribution in [0.1, 0.15) is 38.7 Å². The van der Waals surface area contributed by atoms with Crippen molar-refractivity contribution in [1.29, 1.82) is 0 Å². The number of halogens is 2. The van der Waals surface area contributed by atoms with Gasteiger partial charge in [0.1, 0.15) is 6.04 Å². The lowest BCUT2D eigenvalue weighted by Crippen LogP contribution is -2.49. The Hall–Kier alpha value is -3.01. The van der Waals surface area contributed by atoms with Gasteiger partial charge in [0.05, 0.1) is 11.9 Å². The quantitative estimate of drug-likeness (QED) is 0.489. The number of benzene rings is 2. The first-order chi connectivity index (χ1) is 16.1. The average molecular weight is 496 g/mol. The molecule has 34 heavy (non-hydrogen) atoms. The van der Waals surface area contributed by atoms with Crippen molar-refractivity contribution in [1.82, 2.24) is 10.2 Å². The van der Waals surface area contributed by atoms with E-state index in [4.69, 9.17) is 0 Å². The van der Waals surface area contributed by atoms with E-state index < -0.39 is 27.7 Å². The minimum Gasteiger partial charge on any atom is -0.355 e. The summed E-state index contributed by atoms with van der Waals surface area (Å²) in [6.45, 7) is 4.17. The van der Waals surface area contributed by atoms with E-state index in [9.17, 15) is 26.8 Å². The molecule has 0 unspecified atom stereocenters. The van der Waals surface area contributed by atoms with Gasteiger partial charge < -0.3 is 10.2 Å². The molecule has 0 saturated heterocycles. The van der Waals surface area contributed by atoms with Crippen molar-refractivity contribution in [2.45, 2.75) is 45.7 Å². The minimum atomic E-state index is -3.80. The van der Waals surface area contributed by atoms with E-state index in [0.717, 1.165) is 28.3 Å². The highest BCUT2D eigenvalue weighted by Crippen LogP contribution is 2.22. The molecular weight excluding hydrogens is 464 g/mol. The average Bonchev–Trinajstić information content (AvgIpc) is 2.78. The molecular formula is C24H31F2N3O4S. The standard InChI is InChI=1S/C24H31F2N3O4S/c1-4-22(24(31)27-5-2)28(17-18-10-7-6-8-11-18)23(30)12-9-15-29(34(3,32)33)19-13-14-20(25)21(26)16-19/h6-8,10-11,13-14,16,22H,4-5,9,12,15,17H2,1-3H3,(H,27,31)/t22-/m1/s1. The van der Waals surface area contributed by atoms with E-state index in [-0.39, 0.29) is 43.4 Å². The number of nitrogens with zero attached hydrogens (tertiary/aromatic N) is 2. The highest BCUT2D eigenvalue weighted by atomic mass is 32.2. The summed E-state index contributed by atoms with van der Waals surface area (Å²) in [5.74, 6) is -2.81. The van der Waals surface area contributed by atoms with Crippen LogP contribution in [0.25, 0.3) is 0 Å². The second-order valence-electron chi connectivity index (χ2n) is 7.86. The van der Waals surface area contributed by atoms with Crippen molar-refractivity contribution >= 4 is 27.5 Å². The van der Waals surface area contributed by atoms with Gasteiger partial charge in [-0.05, 0) is 37.5 Å². The van der Waals surface area contributed by atoms with E-state index in [2.05, 4.69) is 5.32 Å². The number of anilines is 1. The van der Waals surface area contributed by atoms with Gasteiger partial charge in [-0.2, -0.15) is 0 Å². The molecule has 2 amide bonds.